The highest BCUT2D eigenvalue weighted by molar-refractivity contribution is 5.48. The van der Waals surface area contributed by atoms with E-state index >= 15 is 0 Å². The van der Waals surface area contributed by atoms with Gasteiger partial charge in [-0.15, -0.1) is 0 Å². The number of ether oxygens (including phenoxy) is 1. The van der Waals surface area contributed by atoms with Crippen molar-refractivity contribution in [1.82, 2.24) is 24.8 Å². The highest BCUT2D eigenvalue weighted by atomic mass is 16.5. The Labute approximate surface area is 160 Å². The Morgan fingerprint density at radius 3 is 2.56 bits per heavy atom. The van der Waals surface area contributed by atoms with E-state index in [0.717, 1.165) is 42.5 Å². The van der Waals surface area contributed by atoms with E-state index in [1.165, 1.54) is 32.4 Å². The van der Waals surface area contributed by atoms with Crippen LogP contribution in [0.3, 0.4) is 0 Å². The maximum atomic E-state index is 5.53. The molecular formula is C20H28N6O. The summed E-state index contributed by atoms with van der Waals surface area (Å²) in [5.41, 5.74) is 2.97. The normalized spacial score (nSPS) is 21.5. The van der Waals surface area contributed by atoms with Gasteiger partial charge in [0.1, 0.15) is 12.1 Å². The third-order valence-electron chi connectivity index (χ3n) is 5.51. The zero-order chi connectivity index (χ0) is 18.6. The summed E-state index contributed by atoms with van der Waals surface area (Å²) in [4.78, 5) is 20.3. The summed E-state index contributed by atoms with van der Waals surface area (Å²) in [7, 11) is 0. The molecule has 7 nitrogen and oxygen atoms in total. The molecule has 2 aliphatic rings. The Morgan fingerprint density at radius 2 is 1.85 bits per heavy atom. The van der Waals surface area contributed by atoms with Gasteiger partial charge >= 0.3 is 0 Å². The van der Waals surface area contributed by atoms with Gasteiger partial charge in [0.2, 0.25) is 5.95 Å². The fraction of sp³-hybridized carbons (Fsp3) is 0.600. The molecule has 1 atom stereocenters. The summed E-state index contributed by atoms with van der Waals surface area (Å²) < 4.78 is 5.53. The van der Waals surface area contributed by atoms with Crippen molar-refractivity contribution in [3.05, 3.63) is 35.5 Å². The Hall–Kier alpha value is -2.12. The molecule has 0 amide bonds. The van der Waals surface area contributed by atoms with Gasteiger partial charge in [0.25, 0.3) is 0 Å². The summed E-state index contributed by atoms with van der Waals surface area (Å²) >= 11 is 0. The van der Waals surface area contributed by atoms with Crippen molar-refractivity contribution in [2.75, 3.05) is 31.6 Å². The molecule has 0 unspecified atom stereocenters. The van der Waals surface area contributed by atoms with Crippen molar-refractivity contribution in [3.8, 4) is 0 Å². The summed E-state index contributed by atoms with van der Waals surface area (Å²) in [5.74, 6) is 2.03. The quantitative estimate of drug-likeness (QED) is 0.869. The first-order valence-electron chi connectivity index (χ1n) is 9.88. The molecule has 2 saturated heterocycles. The van der Waals surface area contributed by atoms with Crippen LogP contribution in [0.25, 0.3) is 0 Å². The Kier molecular flexibility index (Phi) is 5.59. The molecule has 0 aromatic carbocycles. The predicted octanol–water partition coefficient (Wildman–Crippen LogP) is 2.67. The zero-order valence-electron chi connectivity index (χ0n) is 16.2. The van der Waals surface area contributed by atoms with Crippen LogP contribution < -0.4 is 5.32 Å². The summed E-state index contributed by atoms with van der Waals surface area (Å²) in [5, 5.41) is 3.21. The van der Waals surface area contributed by atoms with Crippen LogP contribution >= 0.6 is 0 Å². The topological polar surface area (TPSA) is 76.1 Å². The Morgan fingerprint density at radius 1 is 1.07 bits per heavy atom. The Balaban J connectivity index is 1.34. The number of nitrogens with zero attached hydrogens (tertiary/aromatic N) is 5. The number of likely N-dealkylation sites (tertiary alicyclic amines) is 1. The van der Waals surface area contributed by atoms with Crippen molar-refractivity contribution >= 4 is 11.8 Å². The maximum absolute atomic E-state index is 5.53. The first-order valence-corrected chi connectivity index (χ1v) is 9.88. The maximum Gasteiger partial charge on any atom is 0.228 e. The minimum Gasteiger partial charge on any atom is -0.380 e. The number of hydrogen-bond donors (Lipinski definition) is 1. The third-order valence-corrected chi connectivity index (χ3v) is 5.51. The smallest absolute Gasteiger partial charge is 0.228 e. The lowest BCUT2D eigenvalue weighted by Crippen LogP contribution is -2.42. The molecule has 0 radical (unpaired) electrons. The van der Waals surface area contributed by atoms with E-state index in [-0.39, 0.29) is 0 Å². The molecule has 0 aliphatic carbocycles. The van der Waals surface area contributed by atoms with E-state index in [1.54, 1.807) is 6.33 Å². The van der Waals surface area contributed by atoms with E-state index in [1.807, 2.05) is 26.0 Å². The molecule has 144 valence electrons. The van der Waals surface area contributed by atoms with Crippen LogP contribution in [-0.4, -0.2) is 57.2 Å². The molecule has 2 aliphatic heterocycles. The molecule has 4 rings (SSSR count). The molecule has 2 fully saturated rings. The van der Waals surface area contributed by atoms with Crippen LogP contribution in [-0.2, 0) is 11.2 Å². The van der Waals surface area contributed by atoms with Crippen molar-refractivity contribution in [2.45, 2.75) is 45.6 Å². The molecular weight excluding hydrogens is 340 g/mol. The Bertz CT molecular complexity index is 749. The molecule has 0 bridgehead atoms. The van der Waals surface area contributed by atoms with E-state index in [2.05, 4.69) is 30.2 Å². The fourth-order valence-corrected chi connectivity index (χ4v) is 4.10. The van der Waals surface area contributed by atoms with Crippen molar-refractivity contribution in [1.29, 1.82) is 0 Å². The van der Waals surface area contributed by atoms with Gasteiger partial charge in [-0.05, 0) is 64.6 Å². The second-order valence-corrected chi connectivity index (χ2v) is 7.69. The highest BCUT2D eigenvalue weighted by Crippen LogP contribution is 2.25. The van der Waals surface area contributed by atoms with Crippen LogP contribution in [0, 0.1) is 19.8 Å². The molecule has 2 aromatic heterocycles. The van der Waals surface area contributed by atoms with Gasteiger partial charge in [-0.3, -0.25) is 4.90 Å². The van der Waals surface area contributed by atoms with Crippen LogP contribution in [0.15, 0.2) is 18.5 Å². The SMILES string of the molecule is Cc1cc(C)nc(Nc2cc(CC3CCN([C@H]4CCOC4)CC3)ncn2)n1. The van der Waals surface area contributed by atoms with Gasteiger partial charge in [0.05, 0.1) is 6.61 Å². The van der Waals surface area contributed by atoms with Gasteiger partial charge in [-0.1, -0.05) is 0 Å². The number of aryl methyl sites for hydroxylation is 2. The van der Waals surface area contributed by atoms with E-state index in [0.29, 0.717) is 17.9 Å². The second-order valence-electron chi connectivity index (χ2n) is 7.69. The van der Waals surface area contributed by atoms with Crippen LogP contribution in [0.4, 0.5) is 11.8 Å². The molecule has 4 heterocycles. The number of piperidine rings is 1. The molecule has 7 heteroatoms. The van der Waals surface area contributed by atoms with Gasteiger partial charge in [0.15, 0.2) is 0 Å². The minimum absolute atomic E-state index is 0.587. The first kappa shape index (κ1) is 18.3. The second kappa shape index (κ2) is 8.27. The van der Waals surface area contributed by atoms with Crippen LogP contribution in [0.5, 0.6) is 0 Å². The lowest BCUT2D eigenvalue weighted by atomic mass is 9.91. The van der Waals surface area contributed by atoms with Crippen molar-refractivity contribution < 1.29 is 4.74 Å². The number of nitrogens with one attached hydrogen (secondary N) is 1. The largest absolute Gasteiger partial charge is 0.380 e. The average molecular weight is 368 g/mol. The monoisotopic (exact) mass is 368 g/mol. The first-order chi connectivity index (χ1) is 13.2. The average Bonchev–Trinajstić information content (AvgIpc) is 3.16. The third kappa shape index (κ3) is 4.78. The summed E-state index contributed by atoms with van der Waals surface area (Å²) in [6.07, 6.45) is 6.27. The van der Waals surface area contributed by atoms with Gasteiger partial charge < -0.3 is 10.1 Å². The lowest BCUT2D eigenvalue weighted by molar-refractivity contribution is 0.110. The molecule has 2 aromatic rings. The zero-order valence-corrected chi connectivity index (χ0v) is 16.2. The van der Waals surface area contributed by atoms with Crippen molar-refractivity contribution in [2.24, 2.45) is 5.92 Å². The number of aromatic nitrogens is 4. The minimum atomic E-state index is 0.587. The highest BCUT2D eigenvalue weighted by Gasteiger charge is 2.27. The van der Waals surface area contributed by atoms with Crippen molar-refractivity contribution in [3.63, 3.8) is 0 Å². The molecule has 27 heavy (non-hydrogen) atoms. The van der Waals surface area contributed by atoms with Crippen LogP contribution in [0.2, 0.25) is 0 Å². The summed E-state index contributed by atoms with van der Waals surface area (Å²) in [6, 6.07) is 4.62. The van der Waals surface area contributed by atoms with E-state index < -0.39 is 0 Å². The van der Waals surface area contributed by atoms with E-state index in [4.69, 9.17) is 4.74 Å². The van der Waals surface area contributed by atoms with Gasteiger partial charge in [0, 0.05) is 35.8 Å². The molecule has 0 spiro atoms. The number of hydrogen-bond acceptors (Lipinski definition) is 7. The lowest BCUT2D eigenvalue weighted by Gasteiger charge is -2.35. The number of anilines is 2. The fourth-order valence-electron chi connectivity index (χ4n) is 4.10. The van der Waals surface area contributed by atoms with Gasteiger partial charge in [-0.2, -0.15) is 0 Å². The van der Waals surface area contributed by atoms with E-state index in [9.17, 15) is 0 Å². The standard InChI is InChI=1S/C20H28N6O/c1-14-9-15(2)24-20(23-14)25-19-11-17(21-13-22-19)10-16-3-6-26(7-4-16)18-5-8-27-12-18/h9,11,13,16,18H,3-8,10,12H2,1-2H3,(H,21,22,23,24,25)/t18-/m0/s1. The predicted molar refractivity (Wildman–Crippen MR) is 104 cm³/mol. The van der Waals surface area contributed by atoms with Crippen LogP contribution in [0.1, 0.15) is 36.3 Å². The molecule has 1 N–H and O–H groups in total. The molecule has 0 saturated carbocycles. The van der Waals surface area contributed by atoms with Gasteiger partial charge in [-0.25, -0.2) is 19.9 Å². The summed E-state index contributed by atoms with van der Waals surface area (Å²) in [6.45, 7) is 8.11. The number of rotatable bonds is 5.